The third-order valence-electron chi connectivity index (χ3n) is 11.4. The number of methoxy groups -OCH3 is 2. The van der Waals surface area contributed by atoms with E-state index < -0.39 is 0 Å². The van der Waals surface area contributed by atoms with Crippen LogP contribution in [0.2, 0.25) is 5.02 Å². The number of ether oxygens (including phenoxy) is 2. The van der Waals surface area contributed by atoms with Gasteiger partial charge in [0, 0.05) is 42.4 Å². The number of nitrogens with zero attached hydrogens (tertiary/aromatic N) is 3. The molecular formula is C39H51ClN4O3. The molecule has 3 fully saturated rings. The Hall–Kier alpha value is -3.32. The molecule has 3 aromatic rings. The predicted molar refractivity (Wildman–Crippen MR) is 193 cm³/mol. The summed E-state index contributed by atoms with van der Waals surface area (Å²) in [6, 6.07) is 3.78. The molecule has 2 aromatic heterocycles. The second kappa shape index (κ2) is 14.8. The summed E-state index contributed by atoms with van der Waals surface area (Å²) in [4.78, 5) is 24.4. The molecule has 3 aliphatic rings. The van der Waals surface area contributed by atoms with Gasteiger partial charge < -0.3 is 14.8 Å². The molecule has 3 unspecified atom stereocenters. The third kappa shape index (κ3) is 6.83. The lowest BCUT2D eigenvalue weighted by atomic mass is 9.72. The Morgan fingerprint density at radius 1 is 1.02 bits per heavy atom. The van der Waals surface area contributed by atoms with Crippen LogP contribution in [0.15, 0.2) is 47.9 Å². The van der Waals surface area contributed by atoms with Crippen LogP contribution in [0.3, 0.4) is 0 Å². The summed E-state index contributed by atoms with van der Waals surface area (Å²) in [5.41, 5.74) is 4.07. The minimum atomic E-state index is -0.0703. The largest absolute Gasteiger partial charge is 0.496 e. The fourth-order valence-electron chi connectivity index (χ4n) is 8.62. The molecule has 2 heterocycles. The van der Waals surface area contributed by atoms with Crippen LogP contribution in [-0.4, -0.2) is 35.8 Å². The quantitative estimate of drug-likeness (QED) is 0.163. The minimum absolute atomic E-state index is 0.0703. The van der Waals surface area contributed by atoms with Crippen molar-refractivity contribution in [3.63, 3.8) is 0 Å². The molecule has 1 aromatic carbocycles. The van der Waals surface area contributed by atoms with Crippen LogP contribution in [0.1, 0.15) is 95.0 Å². The van der Waals surface area contributed by atoms with E-state index in [2.05, 4.69) is 23.5 Å². The lowest BCUT2D eigenvalue weighted by Gasteiger charge is -2.34. The summed E-state index contributed by atoms with van der Waals surface area (Å²) in [6.45, 7) is 8.93. The van der Waals surface area contributed by atoms with E-state index in [1.807, 2.05) is 36.0 Å². The molecule has 0 aliphatic heterocycles. The van der Waals surface area contributed by atoms with Crippen molar-refractivity contribution in [1.82, 2.24) is 14.5 Å². The van der Waals surface area contributed by atoms with Gasteiger partial charge in [0.1, 0.15) is 17.1 Å². The highest BCUT2D eigenvalue weighted by molar-refractivity contribution is 6.35. The van der Waals surface area contributed by atoms with Gasteiger partial charge in [-0.25, -0.2) is 4.98 Å². The highest BCUT2D eigenvalue weighted by Crippen LogP contribution is 2.51. The maximum Gasteiger partial charge on any atom is 0.260 e. The Morgan fingerprint density at radius 2 is 1.77 bits per heavy atom. The molecule has 0 amide bonds. The van der Waals surface area contributed by atoms with Crippen LogP contribution in [0.25, 0.3) is 22.2 Å². The number of aromatic nitrogens is 3. The zero-order chi connectivity index (χ0) is 33.1. The van der Waals surface area contributed by atoms with Gasteiger partial charge in [0.15, 0.2) is 0 Å². The van der Waals surface area contributed by atoms with Crippen molar-refractivity contribution in [2.24, 2.45) is 23.7 Å². The molecule has 3 saturated carbocycles. The molecule has 0 radical (unpaired) electrons. The van der Waals surface area contributed by atoms with Gasteiger partial charge in [-0.05, 0) is 74.2 Å². The number of nitrogens with one attached hydrogen (secondary N) is 1. The molecule has 8 heteroatoms. The van der Waals surface area contributed by atoms with Crippen molar-refractivity contribution in [3.05, 3.63) is 64.1 Å². The lowest BCUT2D eigenvalue weighted by molar-refractivity contribution is 0.187. The first-order valence-corrected chi connectivity index (χ1v) is 18.1. The Kier molecular flexibility index (Phi) is 10.6. The summed E-state index contributed by atoms with van der Waals surface area (Å²) in [5.74, 6) is 4.16. The Labute approximate surface area is 284 Å². The van der Waals surface area contributed by atoms with Gasteiger partial charge in [0.05, 0.1) is 24.8 Å². The van der Waals surface area contributed by atoms with Crippen molar-refractivity contribution < 1.29 is 9.47 Å². The van der Waals surface area contributed by atoms with Crippen LogP contribution in [-0.2, 0) is 6.54 Å². The van der Waals surface area contributed by atoms with Gasteiger partial charge >= 0.3 is 0 Å². The van der Waals surface area contributed by atoms with Gasteiger partial charge in [-0.3, -0.25) is 9.36 Å². The molecule has 0 spiro atoms. The van der Waals surface area contributed by atoms with E-state index in [0.717, 1.165) is 42.2 Å². The third-order valence-corrected chi connectivity index (χ3v) is 11.8. The fraction of sp³-hybridized carbons (Fsp3) is 0.564. The lowest BCUT2D eigenvalue weighted by Crippen LogP contribution is -2.31. The van der Waals surface area contributed by atoms with E-state index >= 15 is 0 Å². The number of pyridine rings is 1. The SMILES string of the molecule is C=CC(=C)C1CCCC(CC2CCCCC[C@H]2Cn2c(=O)c(-c3c(Cl)c(OC)cc(OC)c3C3CCC3)cc3cnc(NC)nc32)C1. The van der Waals surface area contributed by atoms with E-state index in [0.29, 0.717) is 63.9 Å². The average molecular weight is 659 g/mol. The monoisotopic (exact) mass is 658 g/mol. The molecule has 1 N–H and O–H groups in total. The first-order valence-electron chi connectivity index (χ1n) is 17.7. The fourth-order valence-corrected chi connectivity index (χ4v) is 8.95. The van der Waals surface area contributed by atoms with Crippen molar-refractivity contribution in [2.45, 2.75) is 95.9 Å². The van der Waals surface area contributed by atoms with Crippen molar-refractivity contribution in [3.8, 4) is 22.6 Å². The molecule has 4 atom stereocenters. The molecule has 7 nitrogen and oxygen atoms in total. The summed E-state index contributed by atoms with van der Waals surface area (Å²) in [6.07, 6.45) is 19.2. The standard InChI is InChI=1S/C39H51ClN4O3/c1-6-24(2)27-17-10-12-25(18-27)19-28-13-8-7-9-14-29(28)23-44-37-30(22-42-39(41-3)43-37)20-31(38(44)45)35-34(26-15-11-16-26)32(46-4)21-33(47-5)36(35)40/h6,20-22,25-29H,1-2,7-19,23H2,3-5H3,(H,41,42,43)/t25?,27?,28?,29-/m0/s1. The molecule has 47 heavy (non-hydrogen) atoms. The van der Waals surface area contributed by atoms with Crippen LogP contribution >= 0.6 is 11.6 Å². The molecular weight excluding hydrogens is 608 g/mol. The summed E-state index contributed by atoms with van der Waals surface area (Å²) >= 11 is 7.13. The average Bonchev–Trinajstić information content (AvgIpc) is 3.29. The van der Waals surface area contributed by atoms with Crippen LogP contribution in [0.4, 0.5) is 5.95 Å². The number of benzene rings is 1. The highest BCUT2D eigenvalue weighted by Gasteiger charge is 2.33. The zero-order valence-corrected chi connectivity index (χ0v) is 29.2. The van der Waals surface area contributed by atoms with E-state index in [1.54, 1.807) is 14.2 Å². The van der Waals surface area contributed by atoms with E-state index in [4.69, 9.17) is 26.1 Å². The van der Waals surface area contributed by atoms with Gasteiger partial charge in [-0.1, -0.05) is 81.4 Å². The number of anilines is 1. The maximum absolute atomic E-state index is 14.9. The number of allylic oxidation sites excluding steroid dienone is 2. The molecule has 6 rings (SSSR count). The summed E-state index contributed by atoms with van der Waals surface area (Å²) in [5, 5.41) is 4.35. The first-order chi connectivity index (χ1) is 22.9. The second-order valence-corrected chi connectivity index (χ2v) is 14.5. The van der Waals surface area contributed by atoms with Crippen molar-refractivity contribution in [2.75, 3.05) is 26.6 Å². The van der Waals surface area contributed by atoms with Crippen LogP contribution < -0.4 is 20.3 Å². The van der Waals surface area contributed by atoms with E-state index in [-0.39, 0.29) is 11.5 Å². The molecule has 0 bridgehead atoms. The molecule has 252 valence electrons. The zero-order valence-electron chi connectivity index (χ0n) is 28.5. The number of fused-ring (bicyclic) bond motifs is 1. The smallest absolute Gasteiger partial charge is 0.260 e. The highest BCUT2D eigenvalue weighted by atomic mass is 35.5. The van der Waals surface area contributed by atoms with Crippen LogP contribution in [0.5, 0.6) is 11.5 Å². The van der Waals surface area contributed by atoms with Gasteiger partial charge in [-0.2, -0.15) is 4.98 Å². The first kappa shape index (κ1) is 33.6. The van der Waals surface area contributed by atoms with Crippen molar-refractivity contribution >= 4 is 28.6 Å². The normalized spacial score (nSPS) is 23.5. The van der Waals surface area contributed by atoms with Gasteiger partial charge in [0.25, 0.3) is 5.56 Å². The van der Waals surface area contributed by atoms with Crippen molar-refractivity contribution in [1.29, 1.82) is 0 Å². The maximum atomic E-state index is 14.9. The number of hydrogen-bond donors (Lipinski definition) is 1. The summed E-state index contributed by atoms with van der Waals surface area (Å²) < 4.78 is 13.6. The second-order valence-electron chi connectivity index (χ2n) is 14.1. The minimum Gasteiger partial charge on any atom is -0.496 e. The number of hydrogen-bond acceptors (Lipinski definition) is 6. The number of rotatable bonds is 11. The Bertz CT molecular complexity index is 1680. The summed E-state index contributed by atoms with van der Waals surface area (Å²) in [7, 11) is 5.09. The van der Waals surface area contributed by atoms with E-state index in [9.17, 15) is 4.79 Å². The Morgan fingerprint density at radius 3 is 2.45 bits per heavy atom. The molecule has 0 saturated heterocycles. The predicted octanol–water partition coefficient (Wildman–Crippen LogP) is 9.57. The molecule has 3 aliphatic carbocycles. The van der Waals surface area contributed by atoms with Gasteiger partial charge in [-0.15, -0.1) is 0 Å². The topological polar surface area (TPSA) is 78.3 Å². The number of halogens is 1. The van der Waals surface area contributed by atoms with E-state index in [1.165, 1.54) is 63.4 Å². The Balaban J connectivity index is 1.45. The van der Waals surface area contributed by atoms with Crippen LogP contribution in [0, 0.1) is 23.7 Å². The van der Waals surface area contributed by atoms with Gasteiger partial charge in [0.2, 0.25) is 5.95 Å².